The first-order valence-electron chi connectivity index (χ1n) is 4.43. The number of nitrogens with one attached hydrogen (secondary N) is 1. The SMILES string of the molecule is Cc1cc(Br)c(NC(C)C(N)=O)c(Br)c1. The van der Waals surface area contributed by atoms with E-state index in [0.717, 1.165) is 20.2 Å². The van der Waals surface area contributed by atoms with Gasteiger partial charge < -0.3 is 11.1 Å². The van der Waals surface area contributed by atoms with E-state index in [-0.39, 0.29) is 5.91 Å². The Morgan fingerprint density at radius 1 is 1.40 bits per heavy atom. The van der Waals surface area contributed by atoms with Crippen LogP contribution < -0.4 is 11.1 Å². The molecule has 0 aliphatic rings. The van der Waals surface area contributed by atoms with Gasteiger partial charge in [-0.1, -0.05) is 0 Å². The van der Waals surface area contributed by atoms with Crippen LogP contribution in [0.2, 0.25) is 0 Å². The van der Waals surface area contributed by atoms with E-state index in [0.29, 0.717) is 0 Å². The zero-order chi connectivity index (χ0) is 11.6. The molecule has 1 amide bonds. The van der Waals surface area contributed by atoms with Crippen molar-refractivity contribution in [3.05, 3.63) is 26.6 Å². The number of anilines is 1. The van der Waals surface area contributed by atoms with Gasteiger partial charge in [-0.2, -0.15) is 0 Å². The molecule has 0 heterocycles. The number of aryl methyl sites for hydroxylation is 1. The molecule has 0 bridgehead atoms. The summed E-state index contributed by atoms with van der Waals surface area (Å²) >= 11 is 6.86. The fraction of sp³-hybridized carbons (Fsp3) is 0.300. The normalized spacial score (nSPS) is 12.3. The monoisotopic (exact) mass is 334 g/mol. The first-order valence-corrected chi connectivity index (χ1v) is 6.02. The van der Waals surface area contributed by atoms with Crippen molar-refractivity contribution >= 4 is 43.5 Å². The largest absolute Gasteiger partial charge is 0.372 e. The molecule has 5 heteroatoms. The second kappa shape index (κ2) is 4.99. The van der Waals surface area contributed by atoms with Crippen molar-refractivity contribution in [1.82, 2.24) is 0 Å². The lowest BCUT2D eigenvalue weighted by Crippen LogP contribution is -2.32. The molecule has 1 rings (SSSR count). The Morgan fingerprint density at radius 2 is 1.87 bits per heavy atom. The van der Waals surface area contributed by atoms with Crippen LogP contribution in [0.3, 0.4) is 0 Å². The molecule has 1 unspecified atom stereocenters. The van der Waals surface area contributed by atoms with Crippen LogP contribution in [0.5, 0.6) is 0 Å². The zero-order valence-electron chi connectivity index (χ0n) is 8.47. The molecule has 3 N–H and O–H groups in total. The number of hydrogen-bond acceptors (Lipinski definition) is 2. The van der Waals surface area contributed by atoms with Gasteiger partial charge in [0.2, 0.25) is 5.91 Å². The Hall–Kier alpha value is -0.550. The van der Waals surface area contributed by atoms with E-state index in [1.807, 2.05) is 19.1 Å². The molecule has 1 aromatic carbocycles. The molecule has 3 nitrogen and oxygen atoms in total. The lowest BCUT2D eigenvalue weighted by Gasteiger charge is -2.15. The number of benzene rings is 1. The Morgan fingerprint density at radius 3 is 2.27 bits per heavy atom. The third-order valence-electron chi connectivity index (χ3n) is 1.97. The van der Waals surface area contributed by atoms with E-state index in [4.69, 9.17) is 5.73 Å². The Balaban J connectivity index is 3.00. The first kappa shape index (κ1) is 12.5. The number of nitrogens with two attached hydrogens (primary N) is 1. The second-order valence-corrected chi connectivity index (χ2v) is 5.08. The summed E-state index contributed by atoms with van der Waals surface area (Å²) in [6, 6.07) is 3.54. The molecule has 0 saturated heterocycles. The molecular formula is C10H12Br2N2O. The number of primary amides is 1. The summed E-state index contributed by atoms with van der Waals surface area (Å²) in [6.07, 6.45) is 0. The molecule has 15 heavy (non-hydrogen) atoms. The standard InChI is InChI=1S/C10H12Br2N2O/c1-5-3-7(11)9(8(12)4-5)14-6(2)10(13)15/h3-4,6,14H,1-2H3,(H2,13,15). The van der Waals surface area contributed by atoms with Gasteiger partial charge in [0.05, 0.1) is 5.69 Å². The average molecular weight is 336 g/mol. The second-order valence-electron chi connectivity index (χ2n) is 3.37. The van der Waals surface area contributed by atoms with E-state index in [1.54, 1.807) is 6.92 Å². The van der Waals surface area contributed by atoms with E-state index in [2.05, 4.69) is 37.2 Å². The quantitative estimate of drug-likeness (QED) is 0.892. The first-order chi connectivity index (χ1) is 6.91. The van der Waals surface area contributed by atoms with Gasteiger partial charge in [-0.05, 0) is 63.4 Å². The summed E-state index contributed by atoms with van der Waals surface area (Å²) in [5, 5.41) is 3.04. The number of carbonyl (C=O) groups excluding carboxylic acids is 1. The smallest absolute Gasteiger partial charge is 0.239 e. The number of rotatable bonds is 3. The van der Waals surface area contributed by atoms with E-state index in [9.17, 15) is 4.79 Å². The highest BCUT2D eigenvalue weighted by Crippen LogP contribution is 2.32. The van der Waals surface area contributed by atoms with Crippen molar-refractivity contribution in [2.24, 2.45) is 5.73 Å². The summed E-state index contributed by atoms with van der Waals surface area (Å²) in [4.78, 5) is 10.9. The van der Waals surface area contributed by atoms with Gasteiger partial charge in [-0.25, -0.2) is 0 Å². The molecule has 1 atom stereocenters. The van der Waals surface area contributed by atoms with Crippen molar-refractivity contribution < 1.29 is 4.79 Å². The fourth-order valence-corrected chi connectivity index (χ4v) is 2.77. The van der Waals surface area contributed by atoms with E-state index >= 15 is 0 Å². The maximum Gasteiger partial charge on any atom is 0.239 e. The summed E-state index contributed by atoms with van der Waals surface area (Å²) in [5.74, 6) is -0.380. The highest BCUT2D eigenvalue weighted by atomic mass is 79.9. The van der Waals surface area contributed by atoms with E-state index in [1.165, 1.54) is 0 Å². The maximum absolute atomic E-state index is 10.9. The summed E-state index contributed by atoms with van der Waals surface area (Å²) in [6.45, 7) is 3.72. The number of carbonyl (C=O) groups is 1. The summed E-state index contributed by atoms with van der Waals surface area (Å²) in [7, 11) is 0. The van der Waals surface area contributed by atoms with Crippen molar-refractivity contribution in [1.29, 1.82) is 0 Å². The van der Waals surface area contributed by atoms with Gasteiger partial charge in [-0.3, -0.25) is 4.79 Å². The molecule has 0 saturated carbocycles. The Labute approximate surface area is 106 Å². The molecule has 0 aliphatic heterocycles. The molecule has 82 valence electrons. The zero-order valence-corrected chi connectivity index (χ0v) is 11.6. The highest BCUT2D eigenvalue weighted by molar-refractivity contribution is 9.11. The summed E-state index contributed by atoms with van der Waals surface area (Å²) < 4.78 is 1.81. The highest BCUT2D eigenvalue weighted by Gasteiger charge is 2.12. The van der Waals surface area contributed by atoms with Crippen molar-refractivity contribution in [3.8, 4) is 0 Å². The lowest BCUT2D eigenvalue weighted by atomic mass is 10.2. The van der Waals surface area contributed by atoms with Gasteiger partial charge in [0.25, 0.3) is 0 Å². The van der Waals surface area contributed by atoms with Crippen molar-refractivity contribution in [2.45, 2.75) is 19.9 Å². The molecular weight excluding hydrogens is 324 g/mol. The van der Waals surface area contributed by atoms with Crippen molar-refractivity contribution in [2.75, 3.05) is 5.32 Å². The van der Waals surface area contributed by atoms with Gasteiger partial charge >= 0.3 is 0 Å². The maximum atomic E-state index is 10.9. The number of halogens is 2. The van der Waals surface area contributed by atoms with Crippen LogP contribution in [0.15, 0.2) is 21.1 Å². The molecule has 0 fully saturated rings. The minimum absolute atomic E-state index is 0.380. The van der Waals surface area contributed by atoms with Gasteiger partial charge in [-0.15, -0.1) is 0 Å². The third kappa shape index (κ3) is 3.21. The lowest BCUT2D eigenvalue weighted by molar-refractivity contribution is -0.118. The van der Waals surface area contributed by atoms with Crippen LogP contribution in [0.25, 0.3) is 0 Å². The topological polar surface area (TPSA) is 55.1 Å². The van der Waals surface area contributed by atoms with Crippen LogP contribution in [0.1, 0.15) is 12.5 Å². The number of amides is 1. The van der Waals surface area contributed by atoms with Crippen molar-refractivity contribution in [3.63, 3.8) is 0 Å². The van der Waals surface area contributed by atoms with Gasteiger partial charge in [0.1, 0.15) is 6.04 Å². The molecule has 0 spiro atoms. The van der Waals surface area contributed by atoms with Gasteiger partial charge in [0, 0.05) is 8.95 Å². The van der Waals surface area contributed by atoms with Crippen LogP contribution in [0, 0.1) is 6.92 Å². The van der Waals surface area contributed by atoms with Crippen LogP contribution in [-0.2, 0) is 4.79 Å². The summed E-state index contributed by atoms with van der Waals surface area (Å²) in [5.41, 5.74) is 7.15. The average Bonchev–Trinajstić information content (AvgIpc) is 2.10. The minimum Gasteiger partial charge on any atom is -0.372 e. The van der Waals surface area contributed by atoms with Crippen LogP contribution >= 0.6 is 31.9 Å². The molecule has 0 aliphatic carbocycles. The van der Waals surface area contributed by atoms with Gasteiger partial charge in [0.15, 0.2) is 0 Å². The third-order valence-corrected chi connectivity index (χ3v) is 3.22. The molecule has 0 radical (unpaired) electrons. The molecule has 1 aromatic rings. The predicted molar refractivity (Wildman–Crippen MR) is 68.9 cm³/mol. The fourth-order valence-electron chi connectivity index (χ4n) is 1.13. The van der Waals surface area contributed by atoms with Crippen LogP contribution in [-0.4, -0.2) is 11.9 Å². The Bertz CT molecular complexity index is 370. The Kier molecular flexibility index (Phi) is 4.16. The van der Waals surface area contributed by atoms with Crippen LogP contribution in [0.4, 0.5) is 5.69 Å². The number of hydrogen-bond donors (Lipinski definition) is 2. The predicted octanol–water partition coefficient (Wildman–Crippen LogP) is 2.81. The minimum atomic E-state index is -0.402. The molecule has 0 aromatic heterocycles. The van der Waals surface area contributed by atoms with E-state index < -0.39 is 6.04 Å².